The summed E-state index contributed by atoms with van der Waals surface area (Å²) in [5.41, 5.74) is 6.25. The molecule has 0 unspecified atom stereocenters. The van der Waals surface area contributed by atoms with Crippen molar-refractivity contribution in [1.82, 2.24) is 5.32 Å². The third-order valence-corrected chi connectivity index (χ3v) is 2.22. The highest BCUT2D eigenvalue weighted by molar-refractivity contribution is 5.91. The van der Waals surface area contributed by atoms with Crippen LogP contribution in [0, 0.1) is 0 Å². The Morgan fingerprint density at radius 2 is 2.11 bits per heavy atom. The van der Waals surface area contributed by atoms with Crippen LogP contribution in [0.1, 0.15) is 18.9 Å². The summed E-state index contributed by atoms with van der Waals surface area (Å²) in [7, 11) is 0. The van der Waals surface area contributed by atoms with Crippen molar-refractivity contribution in [1.29, 1.82) is 0 Å². The zero-order chi connectivity index (χ0) is 13.2. The van der Waals surface area contributed by atoms with E-state index in [2.05, 4.69) is 12.2 Å². The van der Waals surface area contributed by atoms with Gasteiger partial charge in [0.2, 0.25) is 5.91 Å². The maximum Gasteiger partial charge on any atom is 0.244 e. The Bertz CT molecular complexity index is 385. The maximum absolute atomic E-state index is 11.3. The summed E-state index contributed by atoms with van der Waals surface area (Å²) in [5, 5.41) is 2.67. The first-order valence-corrected chi connectivity index (χ1v) is 6.15. The standard InChI is InChI=1S/C14H20N2O2/c1-2-11-18-13-6-3-12(4-7-13)5-8-14(17)16-10-9-15/h3-8H,2,9-11,15H2,1H3,(H,16,17)/b8-5+. The molecule has 1 aromatic rings. The number of carbonyl (C=O) groups excluding carboxylic acids is 1. The van der Waals surface area contributed by atoms with E-state index in [1.54, 1.807) is 6.08 Å². The average Bonchev–Trinajstić information content (AvgIpc) is 2.41. The lowest BCUT2D eigenvalue weighted by atomic mass is 10.2. The Labute approximate surface area is 108 Å². The SMILES string of the molecule is CCCOc1ccc(/C=C/C(=O)NCCN)cc1. The molecule has 0 aliphatic heterocycles. The number of hydrogen-bond acceptors (Lipinski definition) is 3. The van der Waals surface area contributed by atoms with Crippen LogP contribution in [0.3, 0.4) is 0 Å². The van der Waals surface area contributed by atoms with Crippen LogP contribution in [0.15, 0.2) is 30.3 Å². The molecule has 1 amide bonds. The van der Waals surface area contributed by atoms with Crippen LogP contribution in [0.25, 0.3) is 6.08 Å². The molecule has 98 valence electrons. The highest BCUT2D eigenvalue weighted by atomic mass is 16.5. The van der Waals surface area contributed by atoms with Crippen molar-refractivity contribution in [3.8, 4) is 5.75 Å². The number of hydrogen-bond donors (Lipinski definition) is 2. The number of ether oxygens (including phenoxy) is 1. The lowest BCUT2D eigenvalue weighted by Gasteiger charge is -2.04. The van der Waals surface area contributed by atoms with E-state index in [4.69, 9.17) is 10.5 Å². The van der Waals surface area contributed by atoms with Crippen LogP contribution in [0.4, 0.5) is 0 Å². The van der Waals surface area contributed by atoms with Crippen LogP contribution in [-0.2, 0) is 4.79 Å². The fourth-order valence-corrected chi connectivity index (χ4v) is 1.32. The van der Waals surface area contributed by atoms with E-state index in [-0.39, 0.29) is 5.91 Å². The first-order chi connectivity index (χ1) is 8.76. The summed E-state index contributed by atoms with van der Waals surface area (Å²) in [6, 6.07) is 7.62. The van der Waals surface area contributed by atoms with E-state index in [1.807, 2.05) is 24.3 Å². The monoisotopic (exact) mass is 248 g/mol. The summed E-state index contributed by atoms with van der Waals surface area (Å²) >= 11 is 0. The number of benzene rings is 1. The predicted molar refractivity (Wildman–Crippen MR) is 73.3 cm³/mol. The summed E-state index contributed by atoms with van der Waals surface area (Å²) in [4.78, 5) is 11.3. The van der Waals surface area contributed by atoms with Crippen molar-refractivity contribution >= 4 is 12.0 Å². The molecule has 0 heterocycles. The van der Waals surface area contributed by atoms with Crippen molar-refractivity contribution in [2.75, 3.05) is 19.7 Å². The van der Waals surface area contributed by atoms with Crippen LogP contribution in [-0.4, -0.2) is 25.6 Å². The maximum atomic E-state index is 11.3. The Balaban J connectivity index is 2.47. The molecule has 0 aromatic heterocycles. The van der Waals surface area contributed by atoms with Gasteiger partial charge in [-0.2, -0.15) is 0 Å². The van der Waals surface area contributed by atoms with E-state index >= 15 is 0 Å². The van der Waals surface area contributed by atoms with Gasteiger partial charge in [0, 0.05) is 19.2 Å². The smallest absolute Gasteiger partial charge is 0.244 e. The molecule has 4 nitrogen and oxygen atoms in total. The molecule has 0 aliphatic rings. The largest absolute Gasteiger partial charge is 0.494 e. The third-order valence-electron chi connectivity index (χ3n) is 2.22. The zero-order valence-electron chi connectivity index (χ0n) is 10.7. The second-order valence-electron chi connectivity index (χ2n) is 3.83. The molecule has 4 heteroatoms. The van der Waals surface area contributed by atoms with Gasteiger partial charge in [0.1, 0.15) is 5.75 Å². The van der Waals surface area contributed by atoms with Crippen molar-refractivity contribution in [2.24, 2.45) is 5.73 Å². The molecular weight excluding hydrogens is 228 g/mol. The molecule has 0 fully saturated rings. The van der Waals surface area contributed by atoms with Gasteiger partial charge in [-0.3, -0.25) is 4.79 Å². The number of nitrogens with two attached hydrogens (primary N) is 1. The lowest BCUT2D eigenvalue weighted by Crippen LogP contribution is -2.27. The van der Waals surface area contributed by atoms with Crippen molar-refractivity contribution < 1.29 is 9.53 Å². The summed E-state index contributed by atoms with van der Waals surface area (Å²) in [6.07, 6.45) is 4.25. The van der Waals surface area contributed by atoms with Gasteiger partial charge in [-0.25, -0.2) is 0 Å². The molecular formula is C14H20N2O2. The van der Waals surface area contributed by atoms with Gasteiger partial charge in [0.25, 0.3) is 0 Å². The van der Waals surface area contributed by atoms with Gasteiger partial charge in [-0.05, 0) is 30.2 Å². The highest BCUT2D eigenvalue weighted by Crippen LogP contribution is 2.13. The molecule has 0 bridgehead atoms. The second kappa shape index (κ2) is 8.31. The van der Waals surface area contributed by atoms with Crippen molar-refractivity contribution in [3.05, 3.63) is 35.9 Å². The minimum absolute atomic E-state index is 0.133. The fourth-order valence-electron chi connectivity index (χ4n) is 1.32. The van der Waals surface area contributed by atoms with Gasteiger partial charge < -0.3 is 15.8 Å². The van der Waals surface area contributed by atoms with Gasteiger partial charge >= 0.3 is 0 Å². The molecule has 0 saturated heterocycles. The van der Waals surface area contributed by atoms with E-state index in [1.165, 1.54) is 6.08 Å². The Kier molecular flexibility index (Phi) is 6.58. The topological polar surface area (TPSA) is 64.3 Å². The minimum Gasteiger partial charge on any atom is -0.494 e. The van der Waals surface area contributed by atoms with Crippen LogP contribution in [0.2, 0.25) is 0 Å². The normalized spacial score (nSPS) is 10.6. The summed E-state index contributed by atoms with van der Waals surface area (Å²) in [5.74, 6) is 0.716. The fraction of sp³-hybridized carbons (Fsp3) is 0.357. The van der Waals surface area contributed by atoms with E-state index in [9.17, 15) is 4.79 Å². The average molecular weight is 248 g/mol. The van der Waals surface area contributed by atoms with Gasteiger partial charge in [0.05, 0.1) is 6.61 Å². The van der Waals surface area contributed by atoms with E-state index in [0.717, 1.165) is 24.3 Å². The number of rotatable bonds is 7. The number of carbonyl (C=O) groups is 1. The predicted octanol–water partition coefficient (Wildman–Crippen LogP) is 1.56. The van der Waals surface area contributed by atoms with Crippen LogP contribution < -0.4 is 15.8 Å². The molecule has 1 aromatic carbocycles. The van der Waals surface area contributed by atoms with Crippen molar-refractivity contribution in [3.63, 3.8) is 0 Å². The quantitative estimate of drug-likeness (QED) is 0.720. The lowest BCUT2D eigenvalue weighted by molar-refractivity contribution is -0.116. The van der Waals surface area contributed by atoms with E-state index < -0.39 is 0 Å². The third kappa shape index (κ3) is 5.50. The molecule has 18 heavy (non-hydrogen) atoms. The Hall–Kier alpha value is -1.81. The molecule has 0 aliphatic carbocycles. The number of amides is 1. The van der Waals surface area contributed by atoms with E-state index in [0.29, 0.717) is 13.1 Å². The Morgan fingerprint density at radius 3 is 2.72 bits per heavy atom. The summed E-state index contributed by atoms with van der Waals surface area (Å²) < 4.78 is 5.47. The van der Waals surface area contributed by atoms with Crippen molar-refractivity contribution in [2.45, 2.75) is 13.3 Å². The van der Waals surface area contributed by atoms with Gasteiger partial charge in [0.15, 0.2) is 0 Å². The van der Waals surface area contributed by atoms with Gasteiger partial charge in [-0.15, -0.1) is 0 Å². The molecule has 3 N–H and O–H groups in total. The molecule has 0 spiro atoms. The molecule has 0 saturated carbocycles. The second-order valence-corrected chi connectivity index (χ2v) is 3.83. The highest BCUT2D eigenvalue weighted by Gasteiger charge is 1.95. The van der Waals surface area contributed by atoms with Gasteiger partial charge in [-0.1, -0.05) is 19.1 Å². The Morgan fingerprint density at radius 1 is 1.39 bits per heavy atom. The first kappa shape index (κ1) is 14.3. The molecule has 1 rings (SSSR count). The summed E-state index contributed by atoms with van der Waals surface area (Å²) in [6.45, 7) is 3.73. The van der Waals surface area contributed by atoms with Crippen LogP contribution in [0.5, 0.6) is 5.75 Å². The first-order valence-electron chi connectivity index (χ1n) is 6.15. The molecule has 0 atom stereocenters. The molecule has 0 radical (unpaired) electrons. The minimum atomic E-state index is -0.133. The zero-order valence-corrected chi connectivity index (χ0v) is 10.7. The van der Waals surface area contributed by atoms with Crippen LogP contribution >= 0.6 is 0 Å². The number of nitrogens with one attached hydrogen (secondary N) is 1.